The van der Waals surface area contributed by atoms with Crippen molar-refractivity contribution in [3.05, 3.63) is 77.2 Å². The van der Waals surface area contributed by atoms with Crippen LogP contribution in [0.4, 0.5) is 15.8 Å². The van der Waals surface area contributed by atoms with Gasteiger partial charge in [0.15, 0.2) is 11.5 Å². The number of aromatic nitrogens is 1. The lowest BCUT2D eigenvalue weighted by Gasteiger charge is -2.17. The third kappa shape index (κ3) is 5.01. The Morgan fingerprint density at radius 3 is 2.43 bits per heavy atom. The molecule has 3 N–H and O–H groups in total. The lowest BCUT2D eigenvalue weighted by atomic mass is 10.1. The Kier molecular flexibility index (Phi) is 7.10. The van der Waals surface area contributed by atoms with E-state index >= 15 is 0 Å². The second-order valence-electron chi connectivity index (χ2n) is 8.05. The van der Waals surface area contributed by atoms with E-state index < -0.39 is 5.82 Å². The first-order chi connectivity index (χ1) is 16.9. The fraction of sp³-hybridized carbons (Fsp3) is 0.222. The number of aryl methyl sites for hydroxylation is 1. The van der Waals surface area contributed by atoms with E-state index in [1.54, 1.807) is 12.1 Å². The van der Waals surface area contributed by atoms with Gasteiger partial charge in [-0.3, -0.25) is 4.79 Å². The highest BCUT2D eigenvalue weighted by Crippen LogP contribution is 2.41. The second kappa shape index (κ2) is 10.4. The van der Waals surface area contributed by atoms with Gasteiger partial charge in [-0.2, -0.15) is 0 Å². The van der Waals surface area contributed by atoms with Gasteiger partial charge in [0.2, 0.25) is 5.75 Å². The molecule has 1 heterocycles. The molecule has 8 heteroatoms. The summed E-state index contributed by atoms with van der Waals surface area (Å²) in [6.07, 6.45) is 2.63. The van der Waals surface area contributed by atoms with Crippen LogP contribution in [0.25, 0.3) is 10.9 Å². The number of carbonyl (C=O) groups excluding carboxylic acids is 1. The largest absolute Gasteiger partial charge is 0.493 e. The molecule has 0 saturated heterocycles. The van der Waals surface area contributed by atoms with Crippen LogP contribution in [0.1, 0.15) is 21.5 Å². The second-order valence-corrected chi connectivity index (χ2v) is 8.05. The van der Waals surface area contributed by atoms with E-state index in [1.807, 2.05) is 18.3 Å². The third-order valence-corrected chi connectivity index (χ3v) is 5.85. The molecule has 0 fully saturated rings. The summed E-state index contributed by atoms with van der Waals surface area (Å²) in [4.78, 5) is 16.3. The van der Waals surface area contributed by atoms with E-state index in [0.717, 1.165) is 11.1 Å². The van der Waals surface area contributed by atoms with Crippen LogP contribution in [-0.2, 0) is 6.42 Å². The molecule has 35 heavy (non-hydrogen) atoms. The number of fused-ring (bicyclic) bond motifs is 1. The summed E-state index contributed by atoms with van der Waals surface area (Å²) in [7, 11) is 4.54. The summed E-state index contributed by atoms with van der Waals surface area (Å²) in [5, 5.41) is 7.23. The SMILES string of the molecule is COc1cc(Nc2cc(F)ccc2C(=O)NCCc2c[nH]c3cccc(C)c23)cc(OC)c1OC. The van der Waals surface area contributed by atoms with Gasteiger partial charge in [0.05, 0.1) is 32.6 Å². The van der Waals surface area contributed by atoms with Gasteiger partial charge in [0, 0.05) is 41.5 Å². The zero-order valence-electron chi connectivity index (χ0n) is 20.1. The van der Waals surface area contributed by atoms with Crippen molar-refractivity contribution in [3.8, 4) is 17.2 Å². The Hall–Kier alpha value is -4.20. The fourth-order valence-corrected chi connectivity index (χ4v) is 4.18. The van der Waals surface area contributed by atoms with E-state index in [9.17, 15) is 9.18 Å². The maximum Gasteiger partial charge on any atom is 0.253 e. The van der Waals surface area contributed by atoms with E-state index in [-0.39, 0.29) is 5.91 Å². The molecule has 0 bridgehead atoms. The molecule has 7 nitrogen and oxygen atoms in total. The summed E-state index contributed by atoms with van der Waals surface area (Å²) >= 11 is 0. The van der Waals surface area contributed by atoms with Crippen LogP contribution in [0.15, 0.2) is 54.7 Å². The molecule has 0 aliphatic rings. The Morgan fingerprint density at radius 2 is 1.74 bits per heavy atom. The van der Waals surface area contributed by atoms with E-state index in [4.69, 9.17) is 14.2 Å². The first kappa shape index (κ1) is 23.9. The van der Waals surface area contributed by atoms with Crippen LogP contribution in [0, 0.1) is 12.7 Å². The minimum atomic E-state index is -0.467. The van der Waals surface area contributed by atoms with Crippen molar-refractivity contribution in [1.82, 2.24) is 10.3 Å². The maximum atomic E-state index is 14.1. The molecular weight excluding hydrogens is 449 g/mol. The third-order valence-electron chi connectivity index (χ3n) is 5.85. The molecule has 0 aliphatic carbocycles. The summed E-state index contributed by atoms with van der Waals surface area (Å²) < 4.78 is 30.2. The smallest absolute Gasteiger partial charge is 0.253 e. The van der Waals surface area contributed by atoms with Gasteiger partial charge in [-0.15, -0.1) is 0 Å². The average molecular weight is 478 g/mol. The molecular formula is C27H28FN3O4. The number of aromatic amines is 1. The van der Waals surface area contributed by atoms with Gasteiger partial charge in [-0.25, -0.2) is 4.39 Å². The van der Waals surface area contributed by atoms with Crippen molar-refractivity contribution in [1.29, 1.82) is 0 Å². The first-order valence-corrected chi connectivity index (χ1v) is 11.2. The number of hydrogen-bond acceptors (Lipinski definition) is 5. The molecule has 0 unspecified atom stereocenters. The number of ether oxygens (including phenoxy) is 3. The van der Waals surface area contributed by atoms with Gasteiger partial charge >= 0.3 is 0 Å². The summed E-state index contributed by atoms with van der Waals surface area (Å²) in [5.74, 6) is 0.532. The summed E-state index contributed by atoms with van der Waals surface area (Å²) in [5.41, 5.74) is 4.57. The highest BCUT2D eigenvalue weighted by Gasteiger charge is 2.17. The normalized spacial score (nSPS) is 10.8. The number of hydrogen-bond donors (Lipinski definition) is 3. The molecule has 0 saturated carbocycles. The van der Waals surface area contributed by atoms with Crippen LogP contribution >= 0.6 is 0 Å². The number of carbonyl (C=O) groups is 1. The molecule has 0 atom stereocenters. The number of amides is 1. The number of methoxy groups -OCH3 is 3. The van der Waals surface area contributed by atoms with Gasteiger partial charge in [-0.05, 0) is 48.7 Å². The molecule has 1 amide bonds. The van der Waals surface area contributed by atoms with Crippen molar-refractivity contribution < 1.29 is 23.4 Å². The van der Waals surface area contributed by atoms with Gasteiger partial charge in [0.25, 0.3) is 5.91 Å². The molecule has 3 aromatic carbocycles. The number of halogens is 1. The standard InChI is InChI=1S/C27H28FN3O4/c1-16-6-5-7-21-25(16)17(15-30-21)10-11-29-27(32)20-9-8-18(28)12-22(20)31-19-13-23(33-2)26(35-4)24(14-19)34-3/h5-9,12-15,30-31H,10-11H2,1-4H3,(H,29,32). The van der Waals surface area contributed by atoms with Crippen LogP contribution in [-0.4, -0.2) is 38.8 Å². The average Bonchev–Trinajstić information content (AvgIpc) is 3.27. The lowest BCUT2D eigenvalue weighted by Crippen LogP contribution is -2.26. The van der Waals surface area contributed by atoms with Crippen LogP contribution in [0.2, 0.25) is 0 Å². The minimum Gasteiger partial charge on any atom is -0.493 e. The zero-order valence-corrected chi connectivity index (χ0v) is 20.1. The monoisotopic (exact) mass is 477 g/mol. The number of nitrogens with one attached hydrogen (secondary N) is 3. The van der Waals surface area contributed by atoms with Crippen molar-refractivity contribution in [3.63, 3.8) is 0 Å². The number of H-pyrrole nitrogens is 1. The molecule has 0 spiro atoms. The summed E-state index contributed by atoms with van der Waals surface area (Å²) in [6.45, 7) is 2.50. The molecule has 0 aliphatic heterocycles. The Balaban J connectivity index is 1.53. The van der Waals surface area contributed by atoms with Crippen molar-refractivity contribution in [2.75, 3.05) is 33.2 Å². The van der Waals surface area contributed by atoms with Crippen molar-refractivity contribution in [2.45, 2.75) is 13.3 Å². The fourth-order valence-electron chi connectivity index (χ4n) is 4.18. The highest BCUT2D eigenvalue weighted by atomic mass is 19.1. The molecule has 0 radical (unpaired) electrons. The van der Waals surface area contributed by atoms with Gasteiger partial charge in [0.1, 0.15) is 5.82 Å². The van der Waals surface area contributed by atoms with Gasteiger partial charge < -0.3 is 29.8 Å². The van der Waals surface area contributed by atoms with E-state index in [0.29, 0.717) is 47.2 Å². The van der Waals surface area contributed by atoms with Crippen molar-refractivity contribution >= 4 is 28.2 Å². The molecule has 4 rings (SSSR count). The van der Waals surface area contributed by atoms with Crippen LogP contribution in [0.5, 0.6) is 17.2 Å². The number of benzene rings is 3. The van der Waals surface area contributed by atoms with Crippen LogP contribution < -0.4 is 24.8 Å². The Bertz CT molecular complexity index is 1340. The minimum absolute atomic E-state index is 0.309. The van der Waals surface area contributed by atoms with Gasteiger partial charge in [-0.1, -0.05) is 12.1 Å². The molecule has 4 aromatic rings. The number of anilines is 2. The zero-order chi connectivity index (χ0) is 24.9. The first-order valence-electron chi connectivity index (χ1n) is 11.2. The summed E-state index contributed by atoms with van der Waals surface area (Å²) in [6, 6.07) is 13.5. The topological polar surface area (TPSA) is 84.6 Å². The quantitative estimate of drug-likeness (QED) is 0.302. The van der Waals surface area contributed by atoms with E-state index in [1.165, 1.54) is 50.5 Å². The molecule has 182 valence electrons. The van der Waals surface area contributed by atoms with Crippen LogP contribution in [0.3, 0.4) is 0 Å². The van der Waals surface area contributed by atoms with Crippen molar-refractivity contribution in [2.24, 2.45) is 0 Å². The Morgan fingerprint density at radius 1 is 1.00 bits per heavy atom. The Labute approximate surface area is 203 Å². The predicted molar refractivity (Wildman–Crippen MR) is 135 cm³/mol. The number of rotatable bonds is 9. The molecule has 1 aromatic heterocycles. The van der Waals surface area contributed by atoms with E-state index in [2.05, 4.69) is 28.6 Å². The lowest BCUT2D eigenvalue weighted by molar-refractivity contribution is 0.0955. The maximum absolute atomic E-state index is 14.1. The highest BCUT2D eigenvalue weighted by molar-refractivity contribution is 6.00. The predicted octanol–water partition coefficient (Wildman–Crippen LogP) is 5.36.